The molecule has 1 N–H and O–H groups in total. The molecule has 23 heavy (non-hydrogen) atoms. The zero-order chi connectivity index (χ0) is 17.1. The summed E-state index contributed by atoms with van der Waals surface area (Å²) < 4.78 is 5.11. The van der Waals surface area contributed by atoms with E-state index in [0.717, 1.165) is 0 Å². The molecular weight excluding hydrogens is 304 g/mol. The van der Waals surface area contributed by atoms with Crippen LogP contribution in [0.5, 0.6) is 5.75 Å². The van der Waals surface area contributed by atoms with Gasteiger partial charge in [0, 0.05) is 25.2 Å². The number of hydrogen-bond donors (Lipinski definition) is 1. The van der Waals surface area contributed by atoms with E-state index in [9.17, 15) is 19.7 Å². The first-order valence-corrected chi connectivity index (χ1v) is 7.19. The minimum atomic E-state index is -0.863. The van der Waals surface area contributed by atoms with Crippen LogP contribution < -0.4 is 4.74 Å². The van der Waals surface area contributed by atoms with Gasteiger partial charge in [-0.3, -0.25) is 19.7 Å². The summed E-state index contributed by atoms with van der Waals surface area (Å²) in [5.74, 6) is -1.66. The standard InChI is InChI=1S/C15H18N2O6/c1-9-8-16(6-5-11(9)15(19)20)14(18)12-7-10(17(21)22)3-4-13(12)23-2/h3-4,7,9,11H,5-6,8H2,1-2H3,(H,19,20). The number of nitrogens with zero attached hydrogens (tertiary/aromatic N) is 2. The monoisotopic (exact) mass is 322 g/mol. The van der Waals surface area contributed by atoms with Crippen LogP contribution in [0.2, 0.25) is 0 Å². The van der Waals surface area contributed by atoms with E-state index in [-0.39, 0.29) is 28.8 Å². The number of non-ortho nitro benzene ring substituents is 1. The number of ether oxygens (including phenoxy) is 1. The summed E-state index contributed by atoms with van der Waals surface area (Å²) in [4.78, 5) is 35.6. The molecule has 1 aromatic rings. The van der Waals surface area contributed by atoms with Crippen molar-refractivity contribution in [1.29, 1.82) is 0 Å². The first-order chi connectivity index (χ1) is 10.8. The number of piperidine rings is 1. The van der Waals surface area contributed by atoms with E-state index in [2.05, 4.69) is 0 Å². The van der Waals surface area contributed by atoms with E-state index in [0.29, 0.717) is 19.5 Å². The summed E-state index contributed by atoms with van der Waals surface area (Å²) in [7, 11) is 1.39. The third-order valence-electron chi connectivity index (χ3n) is 4.13. The highest BCUT2D eigenvalue weighted by Crippen LogP contribution is 2.29. The number of nitro groups is 1. The van der Waals surface area contributed by atoms with Crippen molar-refractivity contribution in [1.82, 2.24) is 4.90 Å². The fourth-order valence-corrected chi connectivity index (χ4v) is 2.84. The fourth-order valence-electron chi connectivity index (χ4n) is 2.84. The molecule has 1 aliphatic rings. The number of benzene rings is 1. The van der Waals surface area contributed by atoms with Gasteiger partial charge in [0.25, 0.3) is 11.6 Å². The van der Waals surface area contributed by atoms with E-state index in [4.69, 9.17) is 9.84 Å². The summed E-state index contributed by atoms with van der Waals surface area (Å²) in [6, 6.07) is 3.85. The van der Waals surface area contributed by atoms with Crippen LogP contribution >= 0.6 is 0 Å². The number of carboxylic acid groups (broad SMARTS) is 1. The van der Waals surface area contributed by atoms with Crippen LogP contribution in [0.1, 0.15) is 23.7 Å². The van der Waals surface area contributed by atoms with Crippen LogP contribution in [0.4, 0.5) is 5.69 Å². The Balaban J connectivity index is 2.25. The molecule has 1 fully saturated rings. The number of carbonyl (C=O) groups is 2. The van der Waals surface area contributed by atoms with Crippen molar-refractivity contribution in [2.45, 2.75) is 13.3 Å². The minimum Gasteiger partial charge on any atom is -0.496 e. The van der Waals surface area contributed by atoms with Gasteiger partial charge >= 0.3 is 5.97 Å². The number of hydrogen-bond acceptors (Lipinski definition) is 5. The van der Waals surface area contributed by atoms with E-state index < -0.39 is 16.8 Å². The molecule has 1 amide bonds. The normalized spacial score (nSPS) is 20.9. The second-order valence-electron chi connectivity index (χ2n) is 5.60. The van der Waals surface area contributed by atoms with Crippen molar-refractivity contribution < 1.29 is 24.4 Å². The Morgan fingerprint density at radius 1 is 1.43 bits per heavy atom. The molecule has 0 saturated carbocycles. The van der Waals surface area contributed by atoms with Gasteiger partial charge in [-0.05, 0) is 18.4 Å². The smallest absolute Gasteiger partial charge is 0.306 e. The topological polar surface area (TPSA) is 110 Å². The van der Waals surface area contributed by atoms with Crippen LogP contribution in [0.3, 0.4) is 0 Å². The maximum absolute atomic E-state index is 12.7. The molecule has 1 aliphatic heterocycles. The van der Waals surface area contributed by atoms with Gasteiger partial charge < -0.3 is 14.7 Å². The Hall–Kier alpha value is -2.64. The Morgan fingerprint density at radius 3 is 2.65 bits per heavy atom. The van der Waals surface area contributed by atoms with Gasteiger partial charge in [0.15, 0.2) is 0 Å². The van der Waals surface area contributed by atoms with Gasteiger partial charge in [0.2, 0.25) is 0 Å². The number of methoxy groups -OCH3 is 1. The number of rotatable bonds is 4. The third kappa shape index (κ3) is 3.41. The molecule has 0 radical (unpaired) electrons. The second-order valence-corrected chi connectivity index (χ2v) is 5.60. The van der Waals surface area contributed by atoms with Crippen molar-refractivity contribution in [3.05, 3.63) is 33.9 Å². The van der Waals surface area contributed by atoms with Crippen LogP contribution in [-0.2, 0) is 4.79 Å². The van der Waals surface area contributed by atoms with Crippen LogP contribution in [0, 0.1) is 22.0 Å². The number of carboxylic acids is 1. The highest BCUT2D eigenvalue weighted by Gasteiger charge is 2.34. The summed E-state index contributed by atoms with van der Waals surface area (Å²) in [6.07, 6.45) is 0.361. The molecular formula is C15H18N2O6. The summed E-state index contributed by atoms with van der Waals surface area (Å²) in [5, 5.41) is 20.0. The molecule has 1 aromatic carbocycles. The molecule has 2 unspecified atom stereocenters. The van der Waals surface area contributed by atoms with E-state index >= 15 is 0 Å². The summed E-state index contributed by atoms with van der Waals surface area (Å²) in [6.45, 7) is 2.37. The van der Waals surface area contributed by atoms with Gasteiger partial charge in [-0.25, -0.2) is 0 Å². The first kappa shape index (κ1) is 16.7. The highest BCUT2D eigenvalue weighted by molar-refractivity contribution is 5.97. The van der Waals surface area contributed by atoms with Crippen molar-refractivity contribution in [3.8, 4) is 5.75 Å². The quantitative estimate of drug-likeness (QED) is 0.668. The lowest BCUT2D eigenvalue weighted by Crippen LogP contribution is -2.45. The Bertz CT molecular complexity index is 645. The van der Waals surface area contributed by atoms with E-state index in [1.165, 1.54) is 30.2 Å². The van der Waals surface area contributed by atoms with E-state index in [1.54, 1.807) is 6.92 Å². The average molecular weight is 322 g/mol. The zero-order valence-electron chi connectivity index (χ0n) is 12.9. The molecule has 124 valence electrons. The molecule has 1 heterocycles. The maximum Gasteiger partial charge on any atom is 0.306 e. The van der Waals surface area contributed by atoms with Gasteiger partial charge in [-0.2, -0.15) is 0 Å². The minimum absolute atomic E-state index is 0.114. The maximum atomic E-state index is 12.7. The lowest BCUT2D eigenvalue weighted by atomic mass is 9.87. The van der Waals surface area contributed by atoms with Crippen molar-refractivity contribution in [2.24, 2.45) is 11.8 Å². The predicted molar refractivity (Wildman–Crippen MR) is 80.5 cm³/mol. The van der Waals surface area contributed by atoms with Crippen molar-refractivity contribution in [2.75, 3.05) is 20.2 Å². The average Bonchev–Trinajstić information content (AvgIpc) is 2.52. The summed E-state index contributed by atoms with van der Waals surface area (Å²) >= 11 is 0. The summed E-state index contributed by atoms with van der Waals surface area (Å²) in [5.41, 5.74) is -0.0784. The number of aliphatic carboxylic acids is 1. The Labute approximate surface area is 132 Å². The van der Waals surface area contributed by atoms with Gasteiger partial charge in [0.1, 0.15) is 5.75 Å². The van der Waals surface area contributed by atoms with Crippen molar-refractivity contribution in [3.63, 3.8) is 0 Å². The second kappa shape index (κ2) is 6.64. The van der Waals surface area contributed by atoms with Crippen LogP contribution in [-0.4, -0.2) is 47.0 Å². The lowest BCUT2D eigenvalue weighted by molar-refractivity contribution is -0.384. The number of nitro benzene ring substituents is 1. The molecule has 0 aliphatic carbocycles. The predicted octanol–water partition coefficient (Wildman–Crippen LogP) is 1.79. The van der Waals surface area contributed by atoms with Gasteiger partial charge in [0.05, 0.1) is 23.5 Å². The lowest BCUT2D eigenvalue weighted by Gasteiger charge is -2.35. The zero-order valence-corrected chi connectivity index (χ0v) is 12.9. The van der Waals surface area contributed by atoms with Gasteiger partial charge in [-0.15, -0.1) is 0 Å². The third-order valence-corrected chi connectivity index (χ3v) is 4.13. The van der Waals surface area contributed by atoms with Crippen LogP contribution in [0.15, 0.2) is 18.2 Å². The number of carbonyl (C=O) groups excluding carboxylic acids is 1. The molecule has 0 aromatic heterocycles. The SMILES string of the molecule is COc1ccc([N+](=O)[O-])cc1C(=O)N1CCC(C(=O)O)C(C)C1. The van der Waals surface area contributed by atoms with Crippen LogP contribution in [0.25, 0.3) is 0 Å². The first-order valence-electron chi connectivity index (χ1n) is 7.19. The number of likely N-dealkylation sites (tertiary alicyclic amines) is 1. The van der Waals surface area contributed by atoms with E-state index in [1.807, 2.05) is 0 Å². The molecule has 8 nitrogen and oxygen atoms in total. The molecule has 1 saturated heterocycles. The molecule has 0 bridgehead atoms. The fraction of sp³-hybridized carbons (Fsp3) is 0.467. The largest absolute Gasteiger partial charge is 0.496 e. The number of amides is 1. The molecule has 8 heteroatoms. The molecule has 2 atom stereocenters. The molecule has 0 spiro atoms. The highest BCUT2D eigenvalue weighted by atomic mass is 16.6. The van der Waals surface area contributed by atoms with Gasteiger partial charge in [-0.1, -0.05) is 6.92 Å². The molecule has 2 rings (SSSR count). The Kier molecular flexibility index (Phi) is 4.83. The van der Waals surface area contributed by atoms with Crippen molar-refractivity contribution >= 4 is 17.6 Å². The Morgan fingerprint density at radius 2 is 2.13 bits per heavy atom.